The largest absolute Gasteiger partial charge is 0.484 e. The van der Waals surface area contributed by atoms with Gasteiger partial charge in [-0.25, -0.2) is 0 Å². The van der Waals surface area contributed by atoms with Gasteiger partial charge in [-0.1, -0.05) is 0 Å². The van der Waals surface area contributed by atoms with E-state index in [4.69, 9.17) is 10.00 Å². The van der Waals surface area contributed by atoms with E-state index >= 15 is 0 Å². The van der Waals surface area contributed by atoms with E-state index in [-0.39, 0.29) is 18.8 Å². The number of aliphatic hydroxyl groups is 1. The van der Waals surface area contributed by atoms with Crippen molar-refractivity contribution < 1.29 is 9.84 Å². The lowest BCUT2D eigenvalue weighted by Gasteiger charge is -2.39. The van der Waals surface area contributed by atoms with Crippen molar-refractivity contribution in [3.8, 4) is 11.8 Å². The molecule has 16 heavy (non-hydrogen) atoms. The van der Waals surface area contributed by atoms with Crippen LogP contribution in [0.5, 0.6) is 5.75 Å². The summed E-state index contributed by atoms with van der Waals surface area (Å²) in [7, 11) is 1.96. The van der Waals surface area contributed by atoms with Gasteiger partial charge in [-0.05, 0) is 19.1 Å². The van der Waals surface area contributed by atoms with Gasteiger partial charge in [-0.15, -0.1) is 0 Å². The summed E-state index contributed by atoms with van der Waals surface area (Å²) in [5.74, 6) is 0.665. The van der Waals surface area contributed by atoms with E-state index in [2.05, 4.69) is 11.0 Å². The average molecular weight is 218 g/mol. The monoisotopic (exact) mass is 218 g/mol. The van der Waals surface area contributed by atoms with Crippen LogP contribution in [0.1, 0.15) is 12.5 Å². The summed E-state index contributed by atoms with van der Waals surface area (Å²) in [5.41, 5.74) is 1.52. The summed E-state index contributed by atoms with van der Waals surface area (Å²) in [6.45, 7) is 1.98. The number of ether oxygens (including phenoxy) is 1. The molecule has 1 heterocycles. The first-order chi connectivity index (χ1) is 7.67. The fraction of sp³-hybridized carbons (Fsp3) is 0.417. The molecule has 0 bridgehead atoms. The molecule has 4 nitrogen and oxygen atoms in total. The molecule has 1 aromatic rings. The minimum absolute atomic E-state index is 0.0261. The average Bonchev–Trinajstić information content (AvgIpc) is 2.33. The summed E-state index contributed by atoms with van der Waals surface area (Å²) in [5, 5.41) is 18.0. The van der Waals surface area contributed by atoms with Crippen molar-refractivity contribution in [3.05, 3.63) is 23.8 Å². The molecular formula is C12H14N2O2. The molecule has 0 saturated carbocycles. The number of fused-ring (bicyclic) bond motifs is 1. The van der Waals surface area contributed by atoms with Gasteiger partial charge in [0.05, 0.1) is 30.0 Å². The van der Waals surface area contributed by atoms with E-state index in [1.165, 1.54) is 0 Å². The van der Waals surface area contributed by atoms with Crippen molar-refractivity contribution in [2.45, 2.75) is 19.1 Å². The molecule has 4 heteroatoms. The lowest BCUT2D eigenvalue weighted by molar-refractivity contribution is 0.0889. The lowest BCUT2D eigenvalue weighted by atomic mass is 10.1. The van der Waals surface area contributed by atoms with Crippen molar-refractivity contribution in [2.75, 3.05) is 18.6 Å². The van der Waals surface area contributed by atoms with Gasteiger partial charge in [-0.2, -0.15) is 5.26 Å². The van der Waals surface area contributed by atoms with E-state index in [1.54, 1.807) is 12.1 Å². The molecule has 0 saturated heterocycles. The minimum atomic E-state index is -0.244. The number of nitrogens with zero attached hydrogens (tertiary/aromatic N) is 2. The Bertz CT molecular complexity index is 439. The van der Waals surface area contributed by atoms with Gasteiger partial charge in [0.1, 0.15) is 11.9 Å². The first-order valence-corrected chi connectivity index (χ1v) is 5.22. The predicted molar refractivity (Wildman–Crippen MR) is 60.5 cm³/mol. The number of anilines is 1. The Labute approximate surface area is 94.7 Å². The SMILES string of the molecule is CC1C(CO)Oc2cc(C#N)ccc2N1C. The Kier molecular flexibility index (Phi) is 2.71. The van der Waals surface area contributed by atoms with Crippen LogP contribution in [-0.4, -0.2) is 30.9 Å². The van der Waals surface area contributed by atoms with Gasteiger partial charge < -0.3 is 14.7 Å². The first kappa shape index (κ1) is 10.8. The molecule has 1 aliphatic heterocycles. The van der Waals surface area contributed by atoms with E-state index in [9.17, 15) is 5.11 Å². The second-order valence-corrected chi connectivity index (χ2v) is 3.98. The molecule has 1 aromatic carbocycles. The van der Waals surface area contributed by atoms with Crippen LogP contribution in [0.25, 0.3) is 0 Å². The number of hydrogen-bond acceptors (Lipinski definition) is 4. The Hall–Kier alpha value is -1.73. The number of rotatable bonds is 1. The molecule has 0 aliphatic carbocycles. The Morgan fingerprint density at radius 2 is 2.31 bits per heavy atom. The zero-order valence-electron chi connectivity index (χ0n) is 9.34. The van der Waals surface area contributed by atoms with Crippen molar-refractivity contribution in [3.63, 3.8) is 0 Å². The van der Waals surface area contributed by atoms with Gasteiger partial charge in [0.2, 0.25) is 0 Å². The highest BCUT2D eigenvalue weighted by molar-refractivity contribution is 5.63. The highest BCUT2D eigenvalue weighted by Gasteiger charge is 2.30. The lowest BCUT2D eigenvalue weighted by Crippen LogP contribution is -2.47. The third kappa shape index (κ3) is 1.59. The van der Waals surface area contributed by atoms with Crippen molar-refractivity contribution in [2.24, 2.45) is 0 Å². The second-order valence-electron chi connectivity index (χ2n) is 3.98. The number of benzene rings is 1. The van der Waals surface area contributed by atoms with Gasteiger partial charge in [0.25, 0.3) is 0 Å². The van der Waals surface area contributed by atoms with Crippen LogP contribution >= 0.6 is 0 Å². The fourth-order valence-electron chi connectivity index (χ4n) is 1.89. The third-order valence-electron chi connectivity index (χ3n) is 3.08. The normalized spacial score (nSPS) is 23.2. The highest BCUT2D eigenvalue weighted by Crippen LogP contribution is 2.35. The number of hydrogen-bond donors (Lipinski definition) is 1. The Morgan fingerprint density at radius 3 is 2.94 bits per heavy atom. The smallest absolute Gasteiger partial charge is 0.144 e. The van der Waals surface area contributed by atoms with Crippen LogP contribution in [0, 0.1) is 11.3 Å². The maximum absolute atomic E-state index is 9.21. The predicted octanol–water partition coefficient (Wildman–Crippen LogP) is 1.14. The van der Waals surface area contributed by atoms with Gasteiger partial charge in [0.15, 0.2) is 0 Å². The molecular weight excluding hydrogens is 204 g/mol. The molecule has 0 spiro atoms. The van der Waals surface area contributed by atoms with Crippen LogP contribution in [0.3, 0.4) is 0 Å². The van der Waals surface area contributed by atoms with Gasteiger partial charge in [0, 0.05) is 13.1 Å². The van der Waals surface area contributed by atoms with Gasteiger partial charge >= 0.3 is 0 Å². The molecule has 0 amide bonds. The summed E-state index contributed by atoms with van der Waals surface area (Å²) in [4.78, 5) is 2.06. The molecule has 1 N–H and O–H groups in total. The van der Waals surface area contributed by atoms with Crippen LogP contribution in [0.4, 0.5) is 5.69 Å². The summed E-state index contributed by atoms with van der Waals surface area (Å²) >= 11 is 0. The van der Waals surface area contributed by atoms with Crippen LogP contribution in [-0.2, 0) is 0 Å². The van der Waals surface area contributed by atoms with Crippen molar-refractivity contribution in [1.82, 2.24) is 0 Å². The molecule has 0 radical (unpaired) electrons. The number of nitriles is 1. The molecule has 2 unspecified atom stereocenters. The minimum Gasteiger partial charge on any atom is -0.484 e. The standard InChI is InChI=1S/C12H14N2O2/c1-8-12(7-15)16-11-5-9(6-13)3-4-10(11)14(8)2/h3-5,8,12,15H,7H2,1-2H3. The Morgan fingerprint density at radius 1 is 1.56 bits per heavy atom. The number of likely N-dealkylation sites (N-methyl/N-ethyl adjacent to an activating group) is 1. The van der Waals surface area contributed by atoms with Crippen LogP contribution in [0.2, 0.25) is 0 Å². The molecule has 84 valence electrons. The topological polar surface area (TPSA) is 56.5 Å². The summed E-state index contributed by atoms with van der Waals surface area (Å²) < 4.78 is 5.66. The van der Waals surface area contributed by atoms with E-state index in [0.717, 1.165) is 5.69 Å². The second kappa shape index (κ2) is 4.03. The van der Waals surface area contributed by atoms with Crippen LogP contribution < -0.4 is 9.64 Å². The van der Waals surface area contributed by atoms with E-state index in [0.29, 0.717) is 11.3 Å². The zero-order valence-corrected chi connectivity index (χ0v) is 9.34. The third-order valence-corrected chi connectivity index (χ3v) is 3.08. The maximum Gasteiger partial charge on any atom is 0.144 e. The van der Waals surface area contributed by atoms with Crippen LogP contribution in [0.15, 0.2) is 18.2 Å². The zero-order chi connectivity index (χ0) is 11.7. The quantitative estimate of drug-likeness (QED) is 0.768. The van der Waals surface area contributed by atoms with Crippen molar-refractivity contribution in [1.29, 1.82) is 5.26 Å². The van der Waals surface area contributed by atoms with Crippen molar-refractivity contribution >= 4 is 5.69 Å². The summed E-state index contributed by atoms with van der Waals surface area (Å²) in [6, 6.07) is 7.54. The first-order valence-electron chi connectivity index (χ1n) is 5.22. The Balaban J connectivity index is 2.43. The van der Waals surface area contributed by atoms with Gasteiger partial charge in [-0.3, -0.25) is 0 Å². The fourth-order valence-corrected chi connectivity index (χ4v) is 1.89. The molecule has 2 rings (SSSR count). The maximum atomic E-state index is 9.21. The molecule has 1 aliphatic rings. The van der Waals surface area contributed by atoms with E-state index < -0.39 is 0 Å². The highest BCUT2D eigenvalue weighted by atomic mass is 16.5. The van der Waals surface area contributed by atoms with E-state index in [1.807, 2.05) is 20.0 Å². The summed E-state index contributed by atoms with van der Waals surface area (Å²) in [6.07, 6.45) is -0.244. The molecule has 0 fully saturated rings. The number of aliphatic hydroxyl groups excluding tert-OH is 1. The molecule has 2 atom stereocenters. The molecule has 0 aromatic heterocycles.